The van der Waals surface area contributed by atoms with Gasteiger partial charge in [0.15, 0.2) is 5.76 Å². The van der Waals surface area contributed by atoms with Gasteiger partial charge in [-0.05, 0) is 51.8 Å². The molecule has 2 fully saturated rings. The maximum atomic E-state index is 12.9. The first-order valence-corrected chi connectivity index (χ1v) is 10.5. The van der Waals surface area contributed by atoms with E-state index >= 15 is 0 Å². The lowest BCUT2D eigenvalue weighted by Crippen LogP contribution is -2.54. The van der Waals surface area contributed by atoms with E-state index in [1.807, 2.05) is 11.0 Å². The van der Waals surface area contributed by atoms with Crippen LogP contribution in [0.25, 0.3) is 0 Å². The number of hydrogen-bond donors (Lipinski definition) is 1. The van der Waals surface area contributed by atoms with E-state index < -0.39 is 0 Å². The third-order valence-corrected chi connectivity index (χ3v) is 7.25. The Morgan fingerprint density at radius 3 is 2.52 bits per heavy atom. The van der Waals surface area contributed by atoms with Crippen LogP contribution in [0.4, 0.5) is 4.79 Å². The summed E-state index contributed by atoms with van der Waals surface area (Å²) in [5.74, 6) is 1.71. The van der Waals surface area contributed by atoms with Gasteiger partial charge in [-0.1, -0.05) is 30.3 Å². The number of carbonyl (C=O) groups is 1. The molecule has 6 nitrogen and oxygen atoms in total. The van der Waals surface area contributed by atoms with Crippen LogP contribution in [0.3, 0.4) is 0 Å². The number of rotatable bonds is 3. The third-order valence-electron chi connectivity index (χ3n) is 7.25. The van der Waals surface area contributed by atoms with Crippen molar-refractivity contribution in [1.29, 1.82) is 0 Å². The molecule has 0 atom stereocenters. The highest BCUT2D eigenvalue weighted by Gasteiger charge is 2.50. The first-order valence-electron chi connectivity index (χ1n) is 10.5. The van der Waals surface area contributed by atoms with E-state index in [4.69, 9.17) is 9.47 Å². The standard InChI is InChI=1S/C23H29N3O3/c1-25(2)23(17-6-4-3-5-7-17)12-10-22(11-13-23)15-26(21(27)24-22)18-8-9-19-20(14-18)29-16-28-19/h3-7,14H,8-13,15-16H2,1-2H3,(H,24,27)/t22-,23+. The van der Waals surface area contributed by atoms with Gasteiger partial charge in [0.2, 0.25) is 6.79 Å². The summed E-state index contributed by atoms with van der Waals surface area (Å²) in [5, 5.41) is 3.34. The Bertz CT molecular complexity index is 867. The number of urea groups is 1. The molecule has 0 bridgehead atoms. The number of hydrogen-bond acceptors (Lipinski definition) is 4. The largest absolute Gasteiger partial charge is 0.458 e. The van der Waals surface area contributed by atoms with E-state index in [1.165, 1.54) is 5.56 Å². The zero-order chi connectivity index (χ0) is 20.1. The minimum Gasteiger partial charge on any atom is -0.458 e. The van der Waals surface area contributed by atoms with E-state index in [1.54, 1.807) is 0 Å². The lowest BCUT2D eigenvalue weighted by Gasteiger charge is -2.48. The predicted octanol–water partition coefficient (Wildman–Crippen LogP) is 3.68. The van der Waals surface area contributed by atoms with Gasteiger partial charge in [0.25, 0.3) is 0 Å². The molecule has 2 amide bonds. The molecular weight excluding hydrogens is 366 g/mol. The second-order valence-electron chi connectivity index (χ2n) is 8.92. The molecule has 2 aliphatic heterocycles. The van der Waals surface area contributed by atoms with E-state index in [-0.39, 0.29) is 23.9 Å². The summed E-state index contributed by atoms with van der Waals surface area (Å²) >= 11 is 0. The molecule has 0 aromatic heterocycles. The number of nitrogens with zero attached hydrogens (tertiary/aromatic N) is 2. The molecule has 1 saturated carbocycles. The molecule has 0 unspecified atom stereocenters. The smallest absolute Gasteiger partial charge is 0.322 e. The lowest BCUT2D eigenvalue weighted by atomic mass is 9.69. The van der Waals surface area contributed by atoms with Gasteiger partial charge < -0.3 is 14.8 Å². The molecule has 154 valence electrons. The van der Waals surface area contributed by atoms with E-state index in [9.17, 15) is 4.79 Å². The summed E-state index contributed by atoms with van der Waals surface area (Å²) < 4.78 is 11.0. The van der Waals surface area contributed by atoms with Crippen molar-refractivity contribution in [3.8, 4) is 0 Å². The molecule has 2 aliphatic carbocycles. The van der Waals surface area contributed by atoms with Crippen molar-refractivity contribution in [1.82, 2.24) is 15.1 Å². The third kappa shape index (κ3) is 3.01. The van der Waals surface area contributed by atoms with Crippen LogP contribution in [-0.2, 0) is 15.0 Å². The van der Waals surface area contributed by atoms with Crippen molar-refractivity contribution in [3.63, 3.8) is 0 Å². The van der Waals surface area contributed by atoms with Crippen LogP contribution in [0.2, 0.25) is 0 Å². The summed E-state index contributed by atoms with van der Waals surface area (Å²) in [6.07, 6.45) is 7.62. The first kappa shape index (κ1) is 18.6. The zero-order valence-corrected chi connectivity index (χ0v) is 17.2. The zero-order valence-electron chi connectivity index (χ0n) is 17.2. The van der Waals surface area contributed by atoms with Gasteiger partial charge in [-0.15, -0.1) is 0 Å². The molecule has 1 N–H and O–H groups in total. The lowest BCUT2D eigenvalue weighted by molar-refractivity contribution is 0.0628. The molecule has 4 aliphatic rings. The van der Waals surface area contributed by atoms with Gasteiger partial charge in [0.05, 0.1) is 12.1 Å². The molecule has 1 aromatic carbocycles. The Hall–Kier alpha value is -2.47. The topological polar surface area (TPSA) is 54.0 Å². The van der Waals surface area contributed by atoms with Crippen LogP contribution in [0, 0.1) is 0 Å². The summed E-state index contributed by atoms with van der Waals surface area (Å²) in [7, 11) is 4.35. The Morgan fingerprint density at radius 2 is 1.79 bits per heavy atom. The summed E-state index contributed by atoms with van der Waals surface area (Å²) in [6, 6.07) is 10.8. The van der Waals surface area contributed by atoms with Gasteiger partial charge in [-0.25, -0.2) is 4.79 Å². The van der Waals surface area contributed by atoms with Crippen LogP contribution in [0.1, 0.15) is 44.1 Å². The normalized spacial score (nSPS) is 31.5. The highest BCUT2D eigenvalue weighted by molar-refractivity contribution is 5.80. The summed E-state index contributed by atoms with van der Waals surface area (Å²) in [5.41, 5.74) is 2.29. The van der Waals surface area contributed by atoms with Gasteiger partial charge in [-0.3, -0.25) is 9.80 Å². The molecule has 1 aromatic rings. The Balaban J connectivity index is 1.34. The minimum atomic E-state index is -0.145. The number of benzene rings is 1. The first-order chi connectivity index (χ1) is 14.0. The minimum absolute atomic E-state index is 0.0243. The molecular formula is C23H29N3O3. The maximum absolute atomic E-state index is 12.9. The molecule has 5 rings (SSSR count). The molecule has 29 heavy (non-hydrogen) atoms. The fourth-order valence-electron chi connectivity index (χ4n) is 5.42. The Labute approximate surface area is 172 Å². The number of ether oxygens (including phenoxy) is 2. The van der Waals surface area contributed by atoms with E-state index in [0.717, 1.165) is 62.3 Å². The highest BCUT2D eigenvalue weighted by Crippen LogP contribution is 2.46. The van der Waals surface area contributed by atoms with Crippen molar-refractivity contribution < 1.29 is 14.3 Å². The number of nitrogens with one attached hydrogen (secondary N) is 1. The average Bonchev–Trinajstić information content (AvgIpc) is 3.33. The van der Waals surface area contributed by atoms with Crippen LogP contribution < -0.4 is 5.32 Å². The van der Waals surface area contributed by atoms with Crippen molar-refractivity contribution in [2.45, 2.75) is 49.6 Å². The molecule has 6 heteroatoms. The predicted molar refractivity (Wildman–Crippen MR) is 110 cm³/mol. The monoisotopic (exact) mass is 395 g/mol. The van der Waals surface area contributed by atoms with E-state index in [0.29, 0.717) is 0 Å². The maximum Gasteiger partial charge on any atom is 0.322 e. The Morgan fingerprint density at radius 1 is 1.03 bits per heavy atom. The average molecular weight is 396 g/mol. The van der Waals surface area contributed by atoms with Gasteiger partial charge >= 0.3 is 6.03 Å². The second-order valence-corrected chi connectivity index (χ2v) is 8.92. The fraction of sp³-hybridized carbons (Fsp3) is 0.522. The molecule has 1 spiro atoms. The van der Waals surface area contributed by atoms with Crippen LogP contribution in [0.5, 0.6) is 0 Å². The van der Waals surface area contributed by atoms with Gasteiger partial charge in [-0.2, -0.15) is 0 Å². The molecule has 0 radical (unpaired) electrons. The van der Waals surface area contributed by atoms with E-state index in [2.05, 4.69) is 54.6 Å². The number of carbonyl (C=O) groups excluding carboxylic acids is 1. The Kier molecular flexibility index (Phi) is 4.35. The van der Waals surface area contributed by atoms with Gasteiger partial charge in [0.1, 0.15) is 5.76 Å². The van der Waals surface area contributed by atoms with Crippen molar-refractivity contribution in [2.24, 2.45) is 0 Å². The van der Waals surface area contributed by atoms with Crippen LogP contribution >= 0.6 is 0 Å². The van der Waals surface area contributed by atoms with Crippen LogP contribution in [0.15, 0.2) is 53.6 Å². The van der Waals surface area contributed by atoms with Crippen molar-refractivity contribution in [2.75, 3.05) is 27.4 Å². The van der Waals surface area contributed by atoms with Crippen LogP contribution in [-0.4, -0.2) is 48.8 Å². The van der Waals surface area contributed by atoms with Gasteiger partial charge in [0, 0.05) is 23.7 Å². The number of allylic oxidation sites excluding steroid dienone is 3. The summed E-state index contributed by atoms with van der Waals surface area (Å²) in [6.45, 7) is 1.02. The fourth-order valence-corrected chi connectivity index (χ4v) is 5.42. The highest BCUT2D eigenvalue weighted by atomic mass is 16.7. The second kappa shape index (κ2) is 6.80. The number of amides is 2. The van der Waals surface area contributed by atoms with Crippen molar-refractivity contribution >= 4 is 6.03 Å². The molecule has 1 saturated heterocycles. The summed E-state index contributed by atoms with van der Waals surface area (Å²) in [4.78, 5) is 17.2. The van der Waals surface area contributed by atoms with Crippen molar-refractivity contribution in [3.05, 3.63) is 59.2 Å². The quantitative estimate of drug-likeness (QED) is 0.848. The SMILES string of the molecule is CN(C)[C@]1(c2ccccc2)CC[C@]2(CC1)CN(C1=CC3=C(CC1)OCO3)C(=O)N2. The molecule has 2 heterocycles.